The largest absolute Gasteiger partial charge is 0.500 e. The number of alkyl halides is 6. The fraction of sp³-hybridized carbons (Fsp3) is 0.312. The molecular formula is C32H38F6N4O10. The molecule has 3 rings (SSSR count). The van der Waals surface area contributed by atoms with Gasteiger partial charge in [-0.05, 0) is 69.3 Å². The number of rotatable bonds is 11. The third kappa shape index (κ3) is 14.5. The predicted octanol–water partition coefficient (Wildman–Crippen LogP) is 6.31. The molecule has 0 radical (unpaired) electrons. The standard InChI is InChI=1S/C14H11F3N2O4.C9H11F3O4.C7H8N2O2.2CH4/c1-2-23-13(22)10-7-18-19(11(10)14(15,16)17)9-5-3-8(4-6-9)12(20)21;1-3-15-5-6(8(14)16-4-2)7(13)9(10,11)12;8-9-6-3-1-5(2-4-6)7(10)11;;/h3-7H,2H2,1H3,(H,20,21);5H,3-4H2,1-2H3;1-4,9H,8H2,(H,10,11);2*1H4/b;6-5+;;;. The first-order valence-corrected chi connectivity index (χ1v) is 13.9. The smallest absolute Gasteiger partial charge is 0.455 e. The number of benzene rings is 2. The Kier molecular flexibility index (Phi) is 20.4. The summed E-state index contributed by atoms with van der Waals surface area (Å²) in [6, 6.07) is 10.8. The van der Waals surface area contributed by atoms with E-state index in [0.29, 0.717) is 16.6 Å². The summed E-state index contributed by atoms with van der Waals surface area (Å²) in [5.41, 5.74) is 0.0889. The van der Waals surface area contributed by atoms with E-state index in [2.05, 4.69) is 24.7 Å². The van der Waals surface area contributed by atoms with Crippen molar-refractivity contribution in [1.82, 2.24) is 9.78 Å². The number of hydrazine groups is 1. The minimum atomic E-state index is -5.13. The van der Waals surface area contributed by atoms with Crippen molar-refractivity contribution in [3.05, 3.63) is 88.9 Å². The summed E-state index contributed by atoms with van der Waals surface area (Å²) in [6.07, 6.45) is -8.74. The van der Waals surface area contributed by atoms with Gasteiger partial charge in [0.2, 0.25) is 0 Å². The summed E-state index contributed by atoms with van der Waals surface area (Å²) in [5, 5.41) is 20.9. The number of halogens is 6. The molecule has 0 saturated carbocycles. The molecule has 1 aromatic heterocycles. The molecule has 20 heteroatoms. The molecule has 288 valence electrons. The summed E-state index contributed by atoms with van der Waals surface area (Å²) in [6.45, 7) is 4.21. The number of nitrogen functional groups attached to an aromatic ring is 1. The van der Waals surface area contributed by atoms with Gasteiger partial charge in [0.25, 0.3) is 5.78 Å². The highest BCUT2D eigenvalue weighted by Gasteiger charge is 2.44. The van der Waals surface area contributed by atoms with Crippen molar-refractivity contribution in [2.24, 2.45) is 5.84 Å². The minimum absolute atomic E-state index is 0. The number of carboxylic acids is 2. The summed E-state index contributed by atoms with van der Waals surface area (Å²) in [5.74, 6) is -1.82. The van der Waals surface area contributed by atoms with Gasteiger partial charge >= 0.3 is 36.2 Å². The molecule has 0 saturated heterocycles. The van der Waals surface area contributed by atoms with Gasteiger partial charge < -0.3 is 29.8 Å². The molecule has 14 nitrogen and oxygen atoms in total. The maximum atomic E-state index is 13.3. The number of carbonyl (C=O) groups excluding carboxylic acids is 3. The number of Topliss-reactive ketones (excluding diaryl/α,β-unsaturated/α-hetero) is 1. The molecule has 0 bridgehead atoms. The second kappa shape index (κ2) is 22.0. The molecule has 0 aliphatic rings. The van der Waals surface area contributed by atoms with Gasteiger partial charge in [-0.1, -0.05) is 14.9 Å². The van der Waals surface area contributed by atoms with Gasteiger partial charge in [0.1, 0.15) is 17.4 Å². The molecule has 52 heavy (non-hydrogen) atoms. The average molecular weight is 753 g/mol. The monoisotopic (exact) mass is 752 g/mol. The lowest BCUT2D eigenvalue weighted by Crippen LogP contribution is -2.29. The Morgan fingerprint density at radius 1 is 0.808 bits per heavy atom. The Balaban J connectivity index is 0. The van der Waals surface area contributed by atoms with Crippen molar-refractivity contribution in [3.63, 3.8) is 0 Å². The zero-order valence-electron chi connectivity index (χ0n) is 26.3. The van der Waals surface area contributed by atoms with Gasteiger partial charge in [0, 0.05) is 5.69 Å². The van der Waals surface area contributed by atoms with Gasteiger partial charge in [0.15, 0.2) is 5.69 Å². The number of aromatic nitrogens is 2. The van der Waals surface area contributed by atoms with Crippen LogP contribution >= 0.6 is 0 Å². The van der Waals surface area contributed by atoms with Crippen LogP contribution in [-0.2, 0) is 30.0 Å². The van der Waals surface area contributed by atoms with E-state index in [-0.39, 0.29) is 51.5 Å². The fourth-order valence-corrected chi connectivity index (χ4v) is 3.35. The number of ether oxygens (including phenoxy) is 3. The number of nitrogens with one attached hydrogen (secondary N) is 1. The van der Waals surface area contributed by atoms with E-state index in [0.717, 1.165) is 18.3 Å². The molecule has 0 spiro atoms. The second-order valence-corrected chi connectivity index (χ2v) is 8.95. The van der Waals surface area contributed by atoms with E-state index in [4.69, 9.17) is 16.1 Å². The van der Waals surface area contributed by atoms with E-state index >= 15 is 0 Å². The number of carbonyl (C=O) groups is 5. The molecule has 2 aromatic carbocycles. The van der Waals surface area contributed by atoms with Crippen LogP contribution in [0.5, 0.6) is 0 Å². The Bertz CT molecular complexity index is 1650. The maximum Gasteiger partial charge on any atom is 0.455 e. The van der Waals surface area contributed by atoms with E-state index in [1.807, 2.05) is 0 Å². The number of hydrogen-bond donors (Lipinski definition) is 4. The van der Waals surface area contributed by atoms with Crippen LogP contribution in [-0.4, -0.2) is 75.7 Å². The molecule has 1 heterocycles. The van der Waals surface area contributed by atoms with E-state index < -0.39 is 58.8 Å². The number of hydrogen-bond acceptors (Lipinski definition) is 11. The SMILES string of the molecule is C.C.CCO/C=C(/C(=O)OCC)C(=O)C(F)(F)F.CCOC(=O)c1cnn(-c2ccc(C(=O)O)cc2)c1C(F)(F)F.NNc1ccc(C(=O)O)cc1. The summed E-state index contributed by atoms with van der Waals surface area (Å²) in [7, 11) is 0. The van der Waals surface area contributed by atoms with Crippen molar-refractivity contribution in [2.75, 3.05) is 25.2 Å². The number of aromatic carboxylic acids is 2. The van der Waals surface area contributed by atoms with Crippen LogP contribution in [0.25, 0.3) is 5.69 Å². The van der Waals surface area contributed by atoms with Gasteiger partial charge in [-0.15, -0.1) is 0 Å². The molecule has 5 N–H and O–H groups in total. The third-order valence-electron chi connectivity index (χ3n) is 5.56. The zero-order valence-corrected chi connectivity index (χ0v) is 26.3. The van der Waals surface area contributed by atoms with Crippen molar-refractivity contribution >= 4 is 35.3 Å². The molecule has 0 aliphatic heterocycles. The minimum Gasteiger partial charge on any atom is -0.500 e. The number of anilines is 1. The molecule has 0 fully saturated rings. The second-order valence-electron chi connectivity index (χ2n) is 8.95. The lowest BCUT2D eigenvalue weighted by atomic mass is 10.2. The van der Waals surface area contributed by atoms with Gasteiger partial charge in [-0.2, -0.15) is 31.4 Å². The lowest BCUT2D eigenvalue weighted by Gasteiger charge is -2.12. The Hall–Kier alpha value is -5.92. The predicted molar refractivity (Wildman–Crippen MR) is 174 cm³/mol. The third-order valence-corrected chi connectivity index (χ3v) is 5.56. The number of nitrogens with zero attached hydrogens (tertiary/aromatic N) is 2. The Labute approximate surface area is 293 Å². The maximum absolute atomic E-state index is 13.3. The highest BCUT2D eigenvalue weighted by molar-refractivity contribution is 6.19. The van der Waals surface area contributed by atoms with E-state index in [1.54, 1.807) is 12.1 Å². The average Bonchev–Trinajstić information content (AvgIpc) is 3.52. The van der Waals surface area contributed by atoms with Gasteiger partial charge in [-0.3, -0.25) is 10.6 Å². The zero-order chi connectivity index (χ0) is 38.2. The van der Waals surface area contributed by atoms with Crippen molar-refractivity contribution in [2.45, 2.75) is 48.0 Å². The normalized spacial score (nSPS) is 10.7. The van der Waals surface area contributed by atoms with Crippen LogP contribution in [0.2, 0.25) is 0 Å². The summed E-state index contributed by atoms with van der Waals surface area (Å²) in [4.78, 5) is 54.6. The number of carboxylic acid groups (broad SMARTS) is 2. The van der Waals surface area contributed by atoms with Crippen LogP contribution in [0.3, 0.4) is 0 Å². The van der Waals surface area contributed by atoms with E-state index in [1.165, 1.54) is 45.0 Å². The van der Waals surface area contributed by atoms with Crippen LogP contribution in [0.15, 0.2) is 66.6 Å². The number of nitrogens with two attached hydrogens (primary N) is 1. The van der Waals surface area contributed by atoms with Gasteiger partial charge in [0.05, 0.1) is 42.8 Å². The highest BCUT2D eigenvalue weighted by Crippen LogP contribution is 2.34. The highest BCUT2D eigenvalue weighted by atomic mass is 19.4. The lowest BCUT2D eigenvalue weighted by molar-refractivity contribution is -0.169. The molecular weight excluding hydrogens is 714 g/mol. The number of esters is 2. The summed E-state index contributed by atoms with van der Waals surface area (Å²) >= 11 is 0. The van der Waals surface area contributed by atoms with Crippen molar-refractivity contribution in [1.29, 1.82) is 0 Å². The molecule has 0 unspecified atom stereocenters. The topological polar surface area (TPSA) is 209 Å². The molecule has 0 amide bonds. The van der Waals surface area contributed by atoms with Crippen LogP contribution in [0.1, 0.15) is 72.4 Å². The molecule has 3 aromatic rings. The quantitative estimate of drug-likeness (QED) is 0.0248. The Morgan fingerprint density at radius 3 is 1.67 bits per heavy atom. The molecule has 0 atom stereocenters. The van der Waals surface area contributed by atoms with Crippen LogP contribution < -0.4 is 11.3 Å². The van der Waals surface area contributed by atoms with E-state index in [9.17, 15) is 50.3 Å². The first-order chi connectivity index (χ1) is 23.3. The first-order valence-electron chi connectivity index (χ1n) is 13.9. The Morgan fingerprint density at radius 2 is 1.29 bits per heavy atom. The van der Waals surface area contributed by atoms with Crippen molar-refractivity contribution < 1.29 is 74.7 Å². The van der Waals surface area contributed by atoms with Crippen molar-refractivity contribution in [3.8, 4) is 5.69 Å². The number of ketones is 1. The summed E-state index contributed by atoms with van der Waals surface area (Å²) < 4.78 is 90.0. The van der Waals surface area contributed by atoms with Gasteiger partial charge in [-0.25, -0.2) is 23.9 Å². The van der Waals surface area contributed by atoms with Crippen LogP contribution in [0.4, 0.5) is 32.0 Å². The molecule has 0 aliphatic carbocycles. The van der Waals surface area contributed by atoms with Crippen LogP contribution in [0, 0.1) is 0 Å². The first kappa shape index (κ1) is 48.2. The fourth-order valence-electron chi connectivity index (χ4n) is 3.35.